The third-order valence-corrected chi connectivity index (χ3v) is 4.24. The zero-order valence-electron chi connectivity index (χ0n) is 13.0. The average Bonchev–Trinajstić information content (AvgIpc) is 2.46. The highest BCUT2D eigenvalue weighted by atomic mass is 19.1. The summed E-state index contributed by atoms with van der Waals surface area (Å²) in [5, 5.41) is 13.6. The second kappa shape index (κ2) is 7.23. The van der Waals surface area contributed by atoms with E-state index < -0.39 is 5.60 Å². The number of aliphatic hydroxyl groups is 1. The largest absolute Gasteiger partial charge is 0.490 e. The third kappa shape index (κ3) is 4.42. The Morgan fingerprint density at radius 2 is 2.05 bits per heavy atom. The zero-order chi connectivity index (χ0) is 15.3. The molecule has 3 nitrogen and oxygen atoms in total. The molecule has 0 aromatic heterocycles. The lowest BCUT2D eigenvalue weighted by molar-refractivity contribution is -0.0339. The van der Waals surface area contributed by atoms with Crippen LogP contribution in [0, 0.1) is 5.82 Å². The number of hydrogen-bond acceptors (Lipinski definition) is 3. The number of nitrogens with one attached hydrogen (secondary N) is 1. The summed E-state index contributed by atoms with van der Waals surface area (Å²) in [6.45, 7) is 4.98. The van der Waals surface area contributed by atoms with E-state index in [1.165, 1.54) is 12.5 Å². The highest BCUT2D eigenvalue weighted by molar-refractivity contribution is 5.30. The average molecular weight is 295 g/mol. The van der Waals surface area contributed by atoms with Gasteiger partial charge in [0.15, 0.2) is 0 Å². The van der Waals surface area contributed by atoms with Crippen molar-refractivity contribution in [1.82, 2.24) is 5.32 Å². The van der Waals surface area contributed by atoms with E-state index in [9.17, 15) is 9.50 Å². The number of halogens is 1. The van der Waals surface area contributed by atoms with Gasteiger partial charge in [-0.2, -0.15) is 0 Å². The van der Waals surface area contributed by atoms with Crippen molar-refractivity contribution in [1.29, 1.82) is 0 Å². The van der Waals surface area contributed by atoms with Crippen LogP contribution in [0.15, 0.2) is 18.2 Å². The molecule has 118 valence electrons. The lowest BCUT2D eigenvalue weighted by atomic mass is 9.85. The minimum absolute atomic E-state index is 0.0217. The second-order valence-corrected chi connectivity index (χ2v) is 6.04. The van der Waals surface area contributed by atoms with Crippen molar-refractivity contribution in [2.75, 3.05) is 13.2 Å². The summed E-state index contributed by atoms with van der Waals surface area (Å²) in [5.74, 6) is 0.218. The molecule has 2 N–H and O–H groups in total. The highest BCUT2D eigenvalue weighted by Crippen LogP contribution is 2.29. The second-order valence-electron chi connectivity index (χ2n) is 6.04. The standard InChI is InChI=1S/C17H26FNO2/c1-3-19-13(2)15-8-7-14(11-16(15)18)21-12-17(20)9-5-4-6-10-17/h7-8,11,13,19-20H,3-6,9-10,12H2,1-2H3. The summed E-state index contributed by atoms with van der Waals surface area (Å²) in [4.78, 5) is 0. The van der Waals surface area contributed by atoms with Crippen molar-refractivity contribution in [3.05, 3.63) is 29.6 Å². The molecule has 1 aliphatic rings. The van der Waals surface area contributed by atoms with E-state index in [1.54, 1.807) is 12.1 Å². The maximum absolute atomic E-state index is 14.1. The molecule has 0 amide bonds. The fraction of sp³-hybridized carbons (Fsp3) is 0.647. The van der Waals surface area contributed by atoms with Crippen molar-refractivity contribution >= 4 is 0 Å². The summed E-state index contributed by atoms with van der Waals surface area (Å²) < 4.78 is 19.7. The van der Waals surface area contributed by atoms with Crippen molar-refractivity contribution in [2.45, 2.75) is 57.6 Å². The van der Waals surface area contributed by atoms with Gasteiger partial charge in [-0.25, -0.2) is 4.39 Å². The smallest absolute Gasteiger partial charge is 0.131 e. The Bertz CT molecular complexity index is 458. The number of benzene rings is 1. The maximum Gasteiger partial charge on any atom is 0.131 e. The van der Waals surface area contributed by atoms with Gasteiger partial charge in [-0.3, -0.25) is 0 Å². The van der Waals surface area contributed by atoms with Gasteiger partial charge in [-0.05, 0) is 32.4 Å². The van der Waals surface area contributed by atoms with Crippen LogP contribution in [0.3, 0.4) is 0 Å². The van der Waals surface area contributed by atoms with E-state index in [-0.39, 0.29) is 18.5 Å². The molecule has 1 fully saturated rings. The van der Waals surface area contributed by atoms with Crippen LogP contribution < -0.4 is 10.1 Å². The molecule has 1 atom stereocenters. The van der Waals surface area contributed by atoms with E-state index in [4.69, 9.17) is 4.74 Å². The SMILES string of the molecule is CCNC(C)c1ccc(OCC2(O)CCCCC2)cc1F. The Kier molecular flexibility index (Phi) is 5.59. The summed E-state index contributed by atoms with van der Waals surface area (Å²) >= 11 is 0. The molecule has 1 aromatic rings. The minimum atomic E-state index is -0.746. The molecule has 0 radical (unpaired) electrons. The lowest BCUT2D eigenvalue weighted by Gasteiger charge is -2.31. The quantitative estimate of drug-likeness (QED) is 0.843. The summed E-state index contributed by atoms with van der Waals surface area (Å²) in [7, 11) is 0. The van der Waals surface area contributed by atoms with E-state index in [0.29, 0.717) is 11.3 Å². The Hall–Kier alpha value is -1.13. The number of ether oxygens (including phenoxy) is 1. The van der Waals surface area contributed by atoms with Gasteiger partial charge in [0, 0.05) is 17.7 Å². The fourth-order valence-electron chi connectivity index (χ4n) is 2.94. The molecule has 0 bridgehead atoms. The Balaban J connectivity index is 1.96. The van der Waals surface area contributed by atoms with Crippen LogP contribution in [0.2, 0.25) is 0 Å². The first kappa shape index (κ1) is 16.2. The molecule has 1 saturated carbocycles. The minimum Gasteiger partial charge on any atom is -0.490 e. The molecule has 0 aliphatic heterocycles. The highest BCUT2D eigenvalue weighted by Gasteiger charge is 2.30. The van der Waals surface area contributed by atoms with Crippen LogP contribution in [0.4, 0.5) is 4.39 Å². The van der Waals surface area contributed by atoms with E-state index in [1.807, 2.05) is 13.8 Å². The van der Waals surface area contributed by atoms with Crippen molar-refractivity contribution in [3.8, 4) is 5.75 Å². The zero-order valence-corrected chi connectivity index (χ0v) is 13.0. The monoisotopic (exact) mass is 295 g/mol. The normalized spacial score (nSPS) is 19.2. The maximum atomic E-state index is 14.1. The molecular formula is C17H26FNO2. The van der Waals surface area contributed by atoms with Crippen LogP contribution in [-0.4, -0.2) is 23.9 Å². The molecule has 0 saturated heterocycles. The first-order chi connectivity index (χ1) is 10.0. The molecule has 0 spiro atoms. The van der Waals surface area contributed by atoms with E-state index in [2.05, 4.69) is 5.32 Å². The molecular weight excluding hydrogens is 269 g/mol. The predicted octanol–water partition coefficient (Wildman–Crippen LogP) is 3.57. The van der Waals surface area contributed by atoms with Crippen molar-refractivity contribution in [2.24, 2.45) is 0 Å². The summed E-state index contributed by atoms with van der Waals surface area (Å²) in [6, 6.07) is 4.92. The summed E-state index contributed by atoms with van der Waals surface area (Å²) in [6.07, 6.45) is 4.78. The van der Waals surface area contributed by atoms with Crippen molar-refractivity contribution < 1.29 is 14.2 Å². The Morgan fingerprint density at radius 3 is 2.67 bits per heavy atom. The van der Waals surface area contributed by atoms with Crippen molar-refractivity contribution in [3.63, 3.8) is 0 Å². The lowest BCUT2D eigenvalue weighted by Crippen LogP contribution is -2.37. The molecule has 0 heterocycles. The van der Waals surface area contributed by atoms with Crippen LogP contribution in [-0.2, 0) is 0 Å². The Labute approximate surface area is 126 Å². The van der Waals surface area contributed by atoms with Crippen LogP contribution >= 0.6 is 0 Å². The van der Waals surface area contributed by atoms with Crippen LogP contribution in [0.5, 0.6) is 5.75 Å². The molecule has 2 rings (SSSR count). The van der Waals surface area contributed by atoms with Crippen LogP contribution in [0.25, 0.3) is 0 Å². The fourth-order valence-corrected chi connectivity index (χ4v) is 2.94. The summed E-state index contributed by atoms with van der Waals surface area (Å²) in [5.41, 5.74) is -0.106. The van der Waals surface area contributed by atoms with Gasteiger partial charge in [0.25, 0.3) is 0 Å². The van der Waals surface area contributed by atoms with Gasteiger partial charge in [-0.15, -0.1) is 0 Å². The van der Waals surface area contributed by atoms with Crippen LogP contribution in [0.1, 0.15) is 57.6 Å². The van der Waals surface area contributed by atoms with Gasteiger partial charge in [-0.1, -0.05) is 32.3 Å². The van der Waals surface area contributed by atoms with E-state index in [0.717, 1.165) is 32.2 Å². The first-order valence-corrected chi connectivity index (χ1v) is 7.92. The molecule has 1 aromatic carbocycles. The predicted molar refractivity (Wildman–Crippen MR) is 82.0 cm³/mol. The molecule has 1 aliphatic carbocycles. The van der Waals surface area contributed by atoms with Gasteiger partial charge >= 0.3 is 0 Å². The Morgan fingerprint density at radius 1 is 1.33 bits per heavy atom. The number of rotatable bonds is 6. The van der Waals surface area contributed by atoms with Gasteiger partial charge in [0.05, 0.1) is 5.60 Å². The molecule has 1 unspecified atom stereocenters. The topological polar surface area (TPSA) is 41.5 Å². The van der Waals surface area contributed by atoms with Gasteiger partial charge in [0.1, 0.15) is 18.2 Å². The number of hydrogen-bond donors (Lipinski definition) is 2. The van der Waals surface area contributed by atoms with E-state index >= 15 is 0 Å². The molecule has 4 heteroatoms. The van der Waals surface area contributed by atoms with Gasteiger partial charge in [0.2, 0.25) is 0 Å². The third-order valence-electron chi connectivity index (χ3n) is 4.24. The van der Waals surface area contributed by atoms with Gasteiger partial charge < -0.3 is 15.2 Å². The molecule has 21 heavy (non-hydrogen) atoms. The first-order valence-electron chi connectivity index (χ1n) is 7.92.